The minimum Gasteiger partial charge on any atom is -0.383 e. The fourth-order valence-corrected chi connectivity index (χ4v) is 2.96. The molecule has 0 saturated carbocycles. The molecule has 0 atom stereocenters. The molecule has 8 nitrogen and oxygen atoms in total. The molecule has 1 saturated heterocycles. The Kier molecular flexibility index (Phi) is 8.88. The zero-order chi connectivity index (χ0) is 16.4. The summed E-state index contributed by atoms with van der Waals surface area (Å²) < 4.78 is 35.1. The highest BCUT2D eigenvalue weighted by Crippen LogP contribution is 2.03. The Labute approximate surface area is 132 Å². The summed E-state index contributed by atoms with van der Waals surface area (Å²) in [6.07, 6.45) is 1.33. The van der Waals surface area contributed by atoms with Gasteiger partial charge in [0.05, 0.1) is 26.1 Å². The Morgan fingerprint density at radius 2 is 2.00 bits per heavy atom. The van der Waals surface area contributed by atoms with Crippen molar-refractivity contribution in [3.8, 4) is 0 Å². The van der Waals surface area contributed by atoms with Crippen LogP contribution in [0.4, 0.5) is 0 Å². The van der Waals surface area contributed by atoms with Crippen LogP contribution in [0, 0.1) is 0 Å². The Bertz CT molecular complexity index is 423. The van der Waals surface area contributed by atoms with E-state index in [1.807, 2.05) is 0 Å². The van der Waals surface area contributed by atoms with Gasteiger partial charge >= 0.3 is 0 Å². The second kappa shape index (κ2) is 10.1. The Morgan fingerprint density at radius 1 is 1.32 bits per heavy atom. The number of hydrogen-bond donors (Lipinski definition) is 1. The van der Waals surface area contributed by atoms with E-state index >= 15 is 0 Å². The van der Waals surface area contributed by atoms with Crippen LogP contribution in [0.15, 0.2) is 0 Å². The van der Waals surface area contributed by atoms with Crippen LogP contribution in [0.5, 0.6) is 0 Å². The fourth-order valence-electron chi connectivity index (χ4n) is 2.13. The molecule has 0 aliphatic carbocycles. The molecule has 1 rings (SSSR count). The van der Waals surface area contributed by atoms with Crippen LogP contribution in [0.3, 0.4) is 0 Å². The quantitative estimate of drug-likeness (QED) is 0.500. The Balaban J connectivity index is 2.35. The summed E-state index contributed by atoms with van der Waals surface area (Å²) in [5.74, 6) is -0.169. The van der Waals surface area contributed by atoms with Crippen molar-refractivity contribution in [2.24, 2.45) is 0 Å². The molecule has 22 heavy (non-hydrogen) atoms. The van der Waals surface area contributed by atoms with E-state index < -0.39 is 10.0 Å². The summed E-state index contributed by atoms with van der Waals surface area (Å²) in [6.45, 7) is 5.11. The van der Waals surface area contributed by atoms with E-state index in [4.69, 9.17) is 9.47 Å². The predicted molar refractivity (Wildman–Crippen MR) is 83.2 cm³/mol. The molecule has 1 N–H and O–H groups in total. The molecule has 0 bridgehead atoms. The summed E-state index contributed by atoms with van der Waals surface area (Å²) in [5, 5.41) is 2.68. The molecule has 0 spiro atoms. The number of methoxy groups -OCH3 is 1. The molecule has 0 aromatic rings. The Morgan fingerprint density at radius 3 is 2.59 bits per heavy atom. The maximum absolute atomic E-state index is 11.8. The highest BCUT2D eigenvalue weighted by atomic mass is 32.2. The summed E-state index contributed by atoms with van der Waals surface area (Å²) in [4.78, 5) is 13.8. The van der Waals surface area contributed by atoms with Gasteiger partial charge in [0.2, 0.25) is 15.9 Å². The zero-order valence-corrected chi connectivity index (χ0v) is 14.2. The third-order valence-corrected chi connectivity index (χ3v) is 4.76. The van der Waals surface area contributed by atoms with Crippen molar-refractivity contribution in [3.63, 3.8) is 0 Å². The van der Waals surface area contributed by atoms with Crippen molar-refractivity contribution in [3.05, 3.63) is 0 Å². The molecule has 1 aliphatic heterocycles. The molecule has 0 aromatic carbocycles. The minimum atomic E-state index is -3.32. The lowest BCUT2D eigenvalue weighted by atomic mass is 10.3. The number of nitrogens with zero attached hydrogens (tertiary/aromatic N) is 2. The van der Waals surface area contributed by atoms with E-state index in [2.05, 4.69) is 10.2 Å². The van der Waals surface area contributed by atoms with Crippen LogP contribution < -0.4 is 5.32 Å². The molecular formula is C13H27N3O5S. The van der Waals surface area contributed by atoms with Gasteiger partial charge in [-0.2, -0.15) is 0 Å². The average Bonchev–Trinajstić information content (AvgIpc) is 2.47. The first-order valence-electron chi connectivity index (χ1n) is 7.44. The molecule has 1 fully saturated rings. The van der Waals surface area contributed by atoms with Crippen LogP contribution in [-0.4, -0.2) is 96.0 Å². The van der Waals surface area contributed by atoms with Crippen LogP contribution in [0.1, 0.15) is 6.42 Å². The monoisotopic (exact) mass is 337 g/mol. The van der Waals surface area contributed by atoms with Gasteiger partial charge < -0.3 is 14.8 Å². The molecular weight excluding hydrogens is 310 g/mol. The van der Waals surface area contributed by atoms with Crippen LogP contribution >= 0.6 is 0 Å². The largest absolute Gasteiger partial charge is 0.383 e. The third-order valence-electron chi connectivity index (χ3n) is 3.45. The van der Waals surface area contributed by atoms with Crippen molar-refractivity contribution < 1.29 is 22.7 Å². The SMILES string of the molecule is COCCNC(=O)CCN(CCN1CCOCC1)S(C)(=O)=O. The minimum absolute atomic E-state index is 0.153. The summed E-state index contributed by atoms with van der Waals surface area (Å²) in [5.41, 5.74) is 0. The fraction of sp³-hybridized carbons (Fsp3) is 0.923. The lowest BCUT2D eigenvalue weighted by Gasteiger charge is -2.29. The van der Waals surface area contributed by atoms with E-state index in [9.17, 15) is 13.2 Å². The number of rotatable bonds is 10. The lowest BCUT2D eigenvalue weighted by Crippen LogP contribution is -2.43. The van der Waals surface area contributed by atoms with Gasteiger partial charge in [-0.15, -0.1) is 0 Å². The van der Waals surface area contributed by atoms with Crippen LogP contribution in [-0.2, 0) is 24.3 Å². The van der Waals surface area contributed by atoms with Crippen molar-refractivity contribution in [1.29, 1.82) is 0 Å². The van der Waals surface area contributed by atoms with Gasteiger partial charge in [-0.05, 0) is 0 Å². The number of ether oxygens (including phenoxy) is 2. The maximum atomic E-state index is 11.8. The van der Waals surface area contributed by atoms with Gasteiger partial charge in [0.1, 0.15) is 0 Å². The number of sulfonamides is 1. The average molecular weight is 337 g/mol. The highest BCUT2D eigenvalue weighted by molar-refractivity contribution is 7.88. The number of nitrogens with one attached hydrogen (secondary N) is 1. The number of amides is 1. The molecule has 0 aromatic heterocycles. The molecule has 1 aliphatic rings. The normalized spacial score (nSPS) is 16.9. The van der Waals surface area contributed by atoms with Crippen molar-refractivity contribution >= 4 is 15.9 Å². The predicted octanol–water partition coefficient (Wildman–Crippen LogP) is -1.27. The smallest absolute Gasteiger partial charge is 0.221 e. The molecule has 1 heterocycles. The summed E-state index contributed by atoms with van der Waals surface area (Å²) in [7, 11) is -1.76. The van der Waals surface area contributed by atoms with E-state index in [0.717, 1.165) is 13.1 Å². The molecule has 0 radical (unpaired) electrons. The molecule has 9 heteroatoms. The van der Waals surface area contributed by atoms with Gasteiger partial charge in [0.15, 0.2) is 0 Å². The lowest BCUT2D eigenvalue weighted by molar-refractivity contribution is -0.121. The van der Waals surface area contributed by atoms with Crippen LogP contribution in [0.25, 0.3) is 0 Å². The maximum Gasteiger partial charge on any atom is 0.221 e. The van der Waals surface area contributed by atoms with Gasteiger partial charge in [0.25, 0.3) is 0 Å². The van der Waals surface area contributed by atoms with Gasteiger partial charge in [0, 0.05) is 52.8 Å². The van der Waals surface area contributed by atoms with Gasteiger partial charge in [-0.1, -0.05) is 0 Å². The standard InChI is InChI=1S/C13H27N3O5S/c1-20-10-4-14-13(17)3-5-16(22(2,18)19)7-6-15-8-11-21-12-9-15/h3-12H2,1-2H3,(H,14,17). The second-order valence-electron chi connectivity index (χ2n) is 5.21. The zero-order valence-electron chi connectivity index (χ0n) is 13.4. The third kappa shape index (κ3) is 8.04. The van der Waals surface area contributed by atoms with E-state index in [-0.39, 0.29) is 18.9 Å². The number of hydrogen-bond acceptors (Lipinski definition) is 6. The summed E-state index contributed by atoms with van der Waals surface area (Å²) >= 11 is 0. The second-order valence-corrected chi connectivity index (χ2v) is 7.19. The van der Waals surface area contributed by atoms with Crippen LogP contribution in [0.2, 0.25) is 0 Å². The molecule has 1 amide bonds. The van der Waals surface area contributed by atoms with Crippen molar-refractivity contribution in [1.82, 2.24) is 14.5 Å². The summed E-state index contributed by atoms with van der Waals surface area (Å²) in [6, 6.07) is 0. The number of carbonyl (C=O) groups is 1. The number of carbonyl (C=O) groups excluding carboxylic acids is 1. The first-order chi connectivity index (χ1) is 10.4. The topological polar surface area (TPSA) is 88.2 Å². The van der Waals surface area contributed by atoms with Gasteiger partial charge in [-0.3, -0.25) is 9.69 Å². The number of morpholine rings is 1. The molecule has 130 valence electrons. The Hall–Kier alpha value is -0.740. The van der Waals surface area contributed by atoms with E-state index in [0.29, 0.717) is 39.5 Å². The van der Waals surface area contributed by atoms with E-state index in [1.54, 1.807) is 7.11 Å². The van der Waals surface area contributed by atoms with Crippen molar-refractivity contribution in [2.75, 3.05) is 72.5 Å². The first-order valence-corrected chi connectivity index (χ1v) is 9.29. The first kappa shape index (κ1) is 19.3. The highest BCUT2D eigenvalue weighted by Gasteiger charge is 2.19. The molecule has 0 unspecified atom stereocenters. The van der Waals surface area contributed by atoms with Gasteiger partial charge in [-0.25, -0.2) is 12.7 Å². The van der Waals surface area contributed by atoms with Crippen molar-refractivity contribution in [2.45, 2.75) is 6.42 Å². The van der Waals surface area contributed by atoms with E-state index in [1.165, 1.54) is 10.6 Å².